The summed E-state index contributed by atoms with van der Waals surface area (Å²) < 4.78 is 132. The SMILES string of the molecule is FC(F)(F)c1ccccc1-c1ccc2c(Nc3ccc(C(F)(C(F)(F)F)C(F)(F)F)cc3)ncnc2c1. The molecule has 0 unspecified atom stereocenters. The topological polar surface area (TPSA) is 37.8 Å². The lowest BCUT2D eigenvalue weighted by Gasteiger charge is -2.30. The lowest BCUT2D eigenvalue weighted by molar-refractivity contribution is -0.348. The van der Waals surface area contributed by atoms with Gasteiger partial charge in [-0.3, -0.25) is 0 Å². The molecule has 3 aromatic carbocycles. The maximum Gasteiger partial charge on any atom is 0.435 e. The Morgan fingerprint density at radius 3 is 1.86 bits per heavy atom. The number of anilines is 2. The first kappa shape index (κ1) is 26.2. The molecule has 0 bridgehead atoms. The van der Waals surface area contributed by atoms with Crippen molar-refractivity contribution in [1.82, 2.24) is 9.97 Å². The number of hydrogen-bond acceptors (Lipinski definition) is 3. The fourth-order valence-electron chi connectivity index (χ4n) is 3.71. The maximum atomic E-state index is 14.2. The van der Waals surface area contributed by atoms with Crippen molar-refractivity contribution in [2.45, 2.75) is 24.2 Å². The maximum absolute atomic E-state index is 14.2. The second-order valence-electron chi connectivity index (χ2n) is 7.85. The monoisotopic (exact) mass is 533 g/mol. The zero-order valence-corrected chi connectivity index (χ0v) is 18.1. The van der Waals surface area contributed by atoms with Crippen LogP contribution in [0, 0.1) is 0 Å². The van der Waals surface area contributed by atoms with E-state index < -0.39 is 35.3 Å². The molecule has 1 heterocycles. The Morgan fingerprint density at radius 1 is 0.649 bits per heavy atom. The molecule has 0 saturated heterocycles. The number of fused-ring (bicyclic) bond motifs is 1. The predicted molar refractivity (Wildman–Crippen MR) is 115 cm³/mol. The van der Waals surface area contributed by atoms with Gasteiger partial charge in [-0.1, -0.05) is 36.4 Å². The molecule has 0 aliphatic carbocycles. The Bertz CT molecular complexity index is 1410. The van der Waals surface area contributed by atoms with Gasteiger partial charge < -0.3 is 5.32 Å². The van der Waals surface area contributed by atoms with Crippen molar-refractivity contribution in [3.8, 4) is 11.1 Å². The van der Waals surface area contributed by atoms with Crippen LogP contribution in [0.3, 0.4) is 0 Å². The molecular weight excluding hydrogens is 520 g/mol. The number of nitrogens with one attached hydrogen (secondary N) is 1. The van der Waals surface area contributed by atoms with Crippen molar-refractivity contribution >= 4 is 22.4 Å². The number of hydrogen-bond donors (Lipinski definition) is 1. The van der Waals surface area contributed by atoms with Gasteiger partial charge in [0.15, 0.2) is 0 Å². The Morgan fingerprint density at radius 2 is 1.27 bits per heavy atom. The van der Waals surface area contributed by atoms with Crippen LogP contribution in [0.15, 0.2) is 73.1 Å². The smallest absolute Gasteiger partial charge is 0.340 e. The molecule has 0 fully saturated rings. The van der Waals surface area contributed by atoms with Crippen molar-refractivity contribution in [2.75, 3.05) is 5.32 Å². The summed E-state index contributed by atoms with van der Waals surface area (Å²) >= 11 is 0. The predicted octanol–water partition coefficient (Wildman–Crippen LogP) is 8.35. The molecule has 13 heteroatoms. The van der Waals surface area contributed by atoms with Crippen LogP contribution in [-0.2, 0) is 11.8 Å². The molecule has 4 rings (SSSR count). The molecule has 0 amide bonds. The van der Waals surface area contributed by atoms with E-state index in [0.29, 0.717) is 17.5 Å². The number of nitrogens with zero attached hydrogens (tertiary/aromatic N) is 2. The van der Waals surface area contributed by atoms with Gasteiger partial charge in [0.2, 0.25) is 0 Å². The van der Waals surface area contributed by atoms with E-state index in [1.54, 1.807) is 0 Å². The second kappa shape index (κ2) is 8.89. The molecule has 194 valence electrons. The number of rotatable bonds is 4. The average molecular weight is 533 g/mol. The van der Waals surface area contributed by atoms with Crippen LogP contribution in [0.25, 0.3) is 22.0 Å². The summed E-state index contributed by atoms with van der Waals surface area (Å²) in [7, 11) is 0. The van der Waals surface area contributed by atoms with Crippen molar-refractivity contribution in [3.63, 3.8) is 0 Å². The lowest BCUT2D eigenvalue weighted by atomic mass is 9.94. The van der Waals surface area contributed by atoms with Gasteiger partial charge in [-0.25, -0.2) is 14.4 Å². The summed E-state index contributed by atoms with van der Waals surface area (Å²) in [4.78, 5) is 8.00. The molecule has 3 nitrogen and oxygen atoms in total. The van der Waals surface area contributed by atoms with Crippen LogP contribution in [-0.4, -0.2) is 22.3 Å². The summed E-state index contributed by atoms with van der Waals surface area (Å²) in [6.07, 6.45) is -16.0. The van der Waals surface area contributed by atoms with E-state index in [9.17, 15) is 43.9 Å². The van der Waals surface area contributed by atoms with Crippen molar-refractivity contribution in [2.24, 2.45) is 0 Å². The third kappa shape index (κ3) is 4.77. The van der Waals surface area contributed by atoms with E-state index in [2.05, 4.69) is 15.3 Å². The van der Waals surface area contributed by atoms with E-state index >= 15 is 0 Å². The van der Waals surface area contributed by atoms with Crippen molar-refractivity contribution in [1.29, 1.82) is 0 Å². The van der Waals surface area contributed by atoms with E-state index in [4.69, 9.17) is 0 Å². The van der Waals surface area contributed by atoms with Crippen LogP contribution in [0.2, 0.25) is 0 Å². The van der Waals surface area contributed by atoms with Gasteiger partial charge in [0.25, 0.3) is 0 Å². The minimum Gasteiger partial charge on any atom is -0.340 e. The minimum absolute atomic E-state index is 0.0260. The van der Waals surface area contributed by atoms with E-state index in [0.717, 1.165) is 24.5 Å². The van der Waals surface area contributed by atoms with Gasteiger partial charge >= 0.3 is 24.2 Å². The zero-order valence-electron chi connectivity index (χ0n) is 18.1. The highest BCUT2D eigenvalue weighted by atomic mass is 19.4. The van der Waals surface area contributed by atoms with Crippen LogP contribution < -0.4 is 5.32 Å². The van der Waals surface area contributed by atoms with Gasteiger partial charge in [0.05, 0.1) is 11.1 Å². The highest BCUT2D eigenvalue weighted by molar-refractivity contribution is 5.93. The molecular formula is C24H13F10N3. The van der Waals surface area contributed by atoms with Crippen molar-refractivity contribution in [3.05, 3.63) is 84.2 Å². The third-order valence-electron chi connectivity index (χ3n) is 5.51. The van der Waals surface area contributed by atoms with Gasteiger partial charge in [0.1, 0.15) is 12.1 Å². The molecule has 0 radical (unpaired) electrons. The van der Waals surface area contributed by atoms with E-state index in [1.807, 2.05) is 0 Å². The summed E-state index contributed by atoms with van der Waals surface area (Å²) in [5, 5.41) is 2.98. The Labute approximate surface area is 201 Å². The highest BCUT2D eigenvalue weighted by Crippen LogP contribution is 2.53. The lowest BCUT2D eigenvalue weighted by Crippen LogP contribution is -2.50. The van der Waals surface area contributed by atoms with E-state index in [1.165, 1.54) is 36.4 Å². The van der Waals surface area contributed by atoms with Gasteiger partial charge in [0, 0.05) is 16.6 Å². The van der Waals surface area contributed by atoms with Gasteiger partial charge in [-0.15, -0.1) is 0 Å². The summed E-state index contributed by atoms with van der Waals surface area (Å²) in [5.74, 6) is 0.0616. The van der Waals surface area contributed by atoms with E-state index in [-0.39, 0.29) is 28.1 Å². The fourth-order valence-corrected chi connectivity index (χ4v) is 3.71. The number of alkyl halides is 10. The first-order valence-corrected chi connectivity index (χ1v) is 10.2. The summed E-state index contributed by atoms with van der Waals surface area (Å²) in [5.41, 5.74) is -7.79. The molecule has 0 atom stereocenters. The Balaban J connectivity index is 1.68. The molecule has 0 aliphatic rings. The molecule has 0 saturated carbocycles. The van der Waals surface area contributed by atoms with Gasteiger partial charge in [-0.05, 0) is 41.5 Å². The van der Waals surface area contributed by atoms with Crippen LogP contribution >= 0.6 is 0 Å². The standard InChI is InChI=1S/C24H13F10N3/c25-21(23(29,30)31,24(32,33)34)14-6-8-15(9-7-14)37-20-17-10-5-13(11-19(17)35-12-36-20)16-3-1-2-4-18(16)22(26,27)28/h1-12H,(H,35,36,37). The third-order valence-corrected chi connectivity index (χ3v) is 5.51. The van der Waals surface area contributed by atoms with Crippen molar-refractivity contribution < 1.29 is 43.9 Å². The first-order valence-electron chi connectivity index (χ1n) is 10.2. The van der Waals surface area contributed by atoms with Gasteiger partial charge in [-0.2, -0.15) is 39.5 Å². The minimum atomic E-state index is -6.24. The highest BCUT2D eigenvalue weighted by Gasteiger charge is 2.73. The molecule has 0 spiro atoms. The molecule has 1 aromatic heterocycles. The summed E-state index contributed by atoms with van der Waals surface area (Å²) in [6, 6.07) is 11.4. The summed E-state index contributed by atoms with van der Waals surface area (Å²) in [6.45, 7) is 0. The molecule has 1 N–H and O–H groups in total. The Hall–Kier alpha value is -3.90. The number of halogens is 10. The fraction of sp³-hybridized carbons (Fsp3) is 0.167. The number of benzene rings is 3. The van der Waals surface area contributed by atoms with Crippen LogP contribution in [0.4, 0.5) is 55.4 Å². The Kier molecular flexibility index (Phi) is 6.29. The number of aromatic nitrogens is 2. The largest absolute Gasteiger partial charge is 0.435 e. The normalized spacial score (nSPS) is 13.1. The zero-order chi connectivity index (χ0) is 27.2. The van der Waals surface area contributed by atoms with Crippen LogP contribution in [0.5, 0.6) is 0 Å². The van der Waals surface area contributed by atoms with Crippen LogP contribution in [0.1, 0.15) is 11.1 Å². The molecule has 0 aliphatic heterocycles. The molecule has 37 heavy (non-hydrogen) atoms. The first-order chi connectivity index (χ1) is 17.1. The molecule has 4 aromatic rings. The second-order valence-corrected chi connectivity index (χ2v) is 7.85. The quantitative estimate of drug-likeness (QED) is 0.268. The average Bonchev–Trinajstić information content (AvgIpc) is 2.82.